The Labute approximate surface area is 241 Å². The zero-order chi connectivity index (χ0) is 27.2. The number of hydrogen-bond acceptors (Lipinski definition) is 2. The van der Waals surface area contributed by atoms with E-state index in [2.05, 4.69) is 40.7 Å². The number of allylic oxidation sites excluding steroid dienone is 1. The lowest BCUT2D eigenvalue weighted by molar-refractivity contribution is -0.0594. The lowest BCUT2D eigenvalue weighted by Gasteiger charge is -2.58. The number of benzene rings is 1. The van der Waals surface area contributed by atoms with E-state index in [0.29, 0.717) is 21.0 Å². The van der Waals surface area contributed by atoms with Crippen molar-refractivity contribution in [2.45, 2.75) is 111 Å². The molecule has 8 atom stereocenters. The molecular formula is C34H48Cl2O2. The Balaban J connectivity index is 1.25. The lowest BCUT2D eigenvalue weighted by atomic mass is 9.47. The fourth-order valence-electron chi connectivity index (χ4n) is 9.62. The Morgan fingerprint density at radius 1 is 1.03 bits per heavy atom. The van der Waals surface area contributed by atoms with Gasteiger partial charge in [-0.3, -0.25) is 0 Å². The van der Waals surface area contributed by atoms with Crippen LogP contribution in [0, 0.1) is 46.3 Å². The van der Waals surface area contributed by atoms with Gasteiger partial charge in [-0.15, -0.1) is 0 Å². The topological polar surface area (TPSA) is 26.3 Å². The van der Waals surface area contributed by atoms with Crippen molar-refractivity contribution in [1.29, 1.82) is 0 Å². The number of carbonyl (C=O) groups is 1. The molecule has 0 amide bonds. The molecule has 4 aliphatic rings. The second kappa shape index (κ2) is 11.1. The van der Waals surface area contributed by atoms with Gasteiger partial charge in [0.1, 0.15) is 6.10 Å². The van der Waals surface area contributed by atoms with Crippen LogP contribution in [0.4, 0.5) is 0 Å². The molecule has 4 heteroatoms. The highest BCUT2D eigenvalue weighted by Crippen LogP contribution is 2.67. The molecule has 2 nitrogen and oxygen atoms in total. The summed E-state index contributed by atoms with van der Waals surface area (Å²) in [6, 6.07) is 4.98. The van der Waals surface area contributed by atoms with Crippen LogP contribution in [-0.4, -0.2) is 12.1 Å². The highest BCUT2D eigenvalue weighted by atomic mass is 35.5. The zero-order valence-electron chi connectivity index (χ0n) is 24.2. The van der Waals surface area contributed by atoms with Gasteiger partial charge in [0.2, 0.25) is 0 Å². The van der Waals surface area contributed by atoms with Crippen molar-refractivity contribution in [3.05, 3.63) is 45.5 Å². The molecule has 3 fully saturated rings. The van der Waals surface area contributed by atoms with Gasteiger partial charge in [0.15, 0.2) is 0 Å². The molecule has 0 heterocycles. The molecule has 0 aliphatic heterocycles. The molecule has 3 saturated carbocycles. The number of esters is 1. The van der Waals surface area contributed by atoms with Gasteiger partial charge in [-0.2, -0.15) is 0 Å². The van der Waals surface area contributed by atoms with Crippen molar-refractivity contribution in [2.24, 2.45) is 46.3 Å². The summed E-state index contributed by atoms with van der Waals surface area (Å²) in [5.41, 5.74) is 2.73. The van der Waals surface area contributed by atoms with Crippen LogP contribution in [0.3, 0.4) is 0 Å². The molecule has 1 unspecified atom stereocenters. The van der Waals surface area contributed by atoms with Crippen LogP contribution in [-0.2, 0) is 4.74 Å². The van der Waals surface area contributed by atoms with Gasteiger partial charge in [-0.05, 0) is 109 Å². The summed E-state index contributed by atoms with van der Waals surface area (Å²) >= 11 is 12.3. The molecule has 0 saturated heterocycles. The van der Waals surface area contributed by atoms with Gasteiger partial charge in [-0.1, -0.05) is 88.7 Å². The van der Waals surface area contributed by atoms with Crippen molar-refractivity contribution < 1.29 is 9.53 Å². The molecule has 1 aromatic rings. The summed E-state index contributed by atoms with van der Waals surface area (Å²) < 4.78 is 5.99. The average molecular weight is 560 g/mol. The highest BCUT2D eigenvalue weighted by molar-refractivity contribution is 6.36. The minimum absolute atomic E-state index is 0.0680. The van der Waals surface area contributed by atoms with Gasteiger partial charge in [0.05, 0.1) is 10.6 Å². The third-order valence-electron chi connectivity index (χ3n) is 11.7. The van der Waals surface area contributed by atoms with E-state index in [-0.39, 0.29) is 17.5 Å². The van der Waals surface area contributed by atoms with Crippen molar-refractivity contribution in [1.82, 2.24) is 0 Å². The van der Waals surface area contributed by atoms with Crippen LogP contribution < -0.4 is 0 Å². The van der Waals surface area contributed by atoms with E-state index in [1.54, 1.807) is 23.8 Å². The molecule has 210 valence electrons. The molecule has 0 spiro atoms. The van der Waals surface area contributed by atoms with Crippen LogP contribution in [0.25, 0.3) is 0 Å². The molecule has 38 heavy (non-hydrogen) atoms. The number of rotatable bonds is 7. The summed E-state index contributed by atoms with van der Waals surface area (Å²) in [4.78, 5) is 12.9. The van der Waals surface area contributed by atoms with Crippen molar-refractivity contribution in [3.8, 4) is 0 Å². The summed E-state index contributed by atoms with van der Waals surface area (Å²) in [6.45, 7) is 12.5. The second-order valence-electron chi connectivity index (χ2n) is 14.2. The summed E-state index contributed by atoms with van der Waals surface area (Å²) in [5.74, 6) is 4.71. The number of carbonyl (C=O) groups excluding carboxylic acids is 1. The van der Waals surface area contributed by atoms with Gasteiger partial charge in [-0.25, -0.2) is 4.79 Å². The van der Waals surface area contributed by atoms with E-state index < -0.39 is 0 Å². The van der Waals surface area contributed by atoms with Crippen LogP contribution in [0.15, 0.2) is 29.8 Å². The zero-order valence-corrected chi connectivity index (χ0v) is 25.7. The summed E-state index contributed by atoms with van der Waals surface area (Å²) in [5, 5.41) is 0.886. The first-order valence-electron chi connectivity index (χ1n) is 15.4. The van der Waals surface area contributed by atoms with Crippen molar-refractivity contribution in [3.63, 3.8) is 0 Å². The van der Waals surface area contributed by atoms with Crippen LogP contribution in [0.2, 0.25) is 10.0 Å². The van der Waals surface area contributed by atoms with E-state index in [0.717, 1.165) is 54.8 Å². The Morgan fingerprint density at radius 3 is 2.55 bits per heavy atom. The molecule has 4 aliphatic carbocycles. The Hall–Kier alpha value is -0.990. The van der Waals surface area contributed by atoms with Gasteiger partial charge in [0.25, 0.3) is 0 Å². The number of fused-ring (bicyclic) bond motifs is 5. The Kier molecular flexibility index (Phi) is 8.35. The minimum Gasteiger partial charge on any atom is -0.458 e. The predicted octanol–water partition coefficient (Wildman–Crippen LogP) is 10.6. The Morgan fingerprint density at radius 2 is 1.82 bits per heavy atom. The quantitative estimate of drug-likeness (QED) is 0.245. The number of halogens is 2. The third kappa shape index (κ3) is 5.23. The number of ether oxygens (including phenoxy) is 1. The molecule has 0 bridgehead atoms. The maximum atomic E-state index is 12.9. The minimum atomic E-state index is -0.331. The van der Waals surface area contributed by atoms with Crippen molar-refractivity contribution >= 4 is 29.2 Å². The van der Waals surface area contributed by atoms with E-state index in [1.807, 2.05) is 0 Å². The first kappa shape index (κ1) is 28.5. The number of hydrogen-bond donors (Lipinski definition) is 0. The monoisotopic (exact) mass is 558 g/mol. The molecular weight excluding hydrogens is 511 g/mol. The first-order chi connectivity index (χ1) is 18.0. The lowest BCUT2D eigenvalue weighted by Crippen LogP contribution is -2.51. The van der Waals surface area contributed by atoms with E-state index in [1.165, 1.54) is 51.4 Å². The van der Waals surface area contributed by atoms with Gasteiger partial charge in [0, 0.05) is 11.4 Å². The average Bonchev–Trinajstić information content (AvgIpc) is 3.21. The van der Waals surface area contributed by atoms with Crippen LogP contribution in [0.1, 0.15) is 116 Å². The molecule has 1 aromatic carbocycles. The maximum Gasteiger partial charge on any atom is 0.339 e. The fourth-order valence-corrected chi connectivity index (χ4v) is 10.1. The molecule has 0 N–H and O–H groups in total. The molecule has 0 radical (unpaired) electrons. The highest BCUT2D eigenvalue weighted by Gasteiger charge is 2.59. The van der Waals surface area contributed by atoms with Crippen LogP contribution >= 0.6 is 23.2 Å². The van der Waals surface area contributed by atoms with E-state index in [4.69, 9.17) is 27.9 Å². The molecule has 0 aromatic heterocycles. The van der Waals surface area contributed by atoms with Crippen molar-refractivity contribution in [2.75, 3.05) is 0 Å². The normalized spacial score (nSPS) is 37.2. The summed E-state index contributed by atoms with van der Waals surface area (Å²) in [6.07, 6.45) is 16.4. The third-order valence-corrected chi connectivity index (χ3v) is 12.2. The van der Waals surface area contributed by atoms with Gasteiger partial charge < -0.3 is 4.74 Å². The SMILES string of the molecule is CC(C)CCCC(C)[C@H]1CC[C@H]2[C@@H]3CC=C4C[C@@H](OC(=O)c5ccc(Cl)cc5Cl)CC[C@]4(C)[C@H]3CC[C@]12C. The fraction of sp³-hybridized carbons (Fsp3) is 0.735. The molecule has 5 rings (SSSR count). The first-order valence-corrected chi connectivity index (χ1v) is 16.1. The predicted molar refractivity (Wildman–Crippen MR) is 159 cm³/mol. The maximum absolute atomic E-state index is 12.9. The van der Waals surface area contributed by atoms with E-state index >= 15 is 0 Å². The largest absolute Gasteiger partial charge is 0.458 e. The van der Waals surface area contributed by atoms with E-state index in [9.17, 15) is 4.79 Å². The summed E-state index contributed by atoms with van der Waals surface area (Å²) in [7, 11) is 0. The standard InChI is InChI=1S/C34H48Cl2O2/c1-21(2)7-6-8-22(3)28-13-14-29-26-11-9-23-19-25(38-32(37)27-12-10-24(35)20-31(27)36)15-17-33(23,4)30(26)16-18-34(28,29)5/h9-10,12,20-22,25-26,28-30H,6-8,11,13-19H2,1-5H3/t22?,25-,26-,28+,29-,30-,33-,34+/m0/s1. The van der Waals surface area contributed by atoms with Gasteiger partial charge >= 0.3 is 5.97 Å². The second-order valence-corrected chi connectivity index (χ2v) is 15.0. The smallest absolute Gasteiger partial charge is 0.339 e. The Bertz CT molecular complexity index is 1060. The van der Waals surface area contributed by atoms with Crippen LogP contribution in [0.5, 0.6) is 0 Å².